The van der Waals surface area contributed by atoms with E-state index in [0.29, 0.717) is 5.69 Å². The average Bonchev–Trinajstić information content (AvgIpc) is 2.96. The lowest BCUT2D eigenvalue weighted by molar-refractivity contribution is -0.121. The third-order valence-corrected chi connectivity index (χ3v) is 5.30. The van der Waals surface area contributed by atoms with E-state index in [-0.39, 0.29) is 11.9 Å². The number of hydrogen-bond donors (Lipinski definition) is 2. The van der Waals surface area contributed by atoms with Crippen molar-refractivity contribution in [1.29, 1.82) is 0 Å². The molecule has 22 heavy (non-hydrogen) atoms. The van der Waals surface area contributed by atoms with Crippen LogP contribution in [-0.2, 0) is 17.8 Å². The summed E-state index contributed by atoms with van der Waals surface area (Å²) in [5, 5.41) is 5.15. The lowest BCUT2D eigenvalue weighted by atomic mass is 10.1. The standard InChI is InChI=1S/C17H21N3OS/c1-11-9-14(18)3-4-15(11)19-17(21)12(2)20-7-5-16-13(10-20)6-8-22-16/h3-4,6,8-9,12H,5,7,10,18H2,1-2H3,(H,19,21). The van der Waals surface area contributed by atoms with Gasteiger partial charge in [-0.1, -0.05) is 0 Å². The number of fused-ring (bicyclic) bond motifs is 1. The number of anilines is 2. The van der Waals surface area contributed by atoms with Crippen LogP contribution in [0.5, 0.6) is 0 Å². The van der Waals surface area contributed by atoms with Crippen LogP contribution in [0.2, 0.25) is 0 Å². The summed E-state index contributed by atoms with van der Waals surface area (Å²) >= 11 is 1.81. The lowest BCUT2D eigenvalue weighted by Gasteiger charge is -2.31. The quantitative estimate of drug-likeness (QED) is 0.856. The molecule has 0 saturated carbocycles. The van der Waals surface area contributed by atoms with Gasteiger partial charge in [-0.2, -0.15) is 0 Å². The maximum Gasteiger partial charge on any atom is 0.241 e. The topological polar surface area (TPSA) is 58.4 Å². The number of amides is 1. The fraction of sp³-hybridized carbons (Fsp3) is 0.353. The number of nitrogens with zero attached hydrogens (tertiary/aromatic N) is 1. The highest BCUT2D eigenvalue weighted by molar-refractivity contribution is 7.10. The van der Waals surface area contributed by atoms with Crippen molar-refractivity contribution in [2.75, 3.05) is 17.6 Å². The van der Waals surface area contributed by atoms with Gasteiger partial charge in [-0.15, -0.1) is 11.3 Å². The van der Waals surface area contributed by atoms with E-state index in [4.69, 9.17) is 5.73 Å². The number of hydrogen-bond acceptors (Lipinski definition) is 4. The second kappa shape index (κ2) is 6.10. The molecule has 0 fully saturated rings. The van der Waals surface area contributed by atoms with E-state index in [0.717, 1.165) is 30.8 Å². The van der Waals surface area contributed by atoms with Crippen LogP contribution in [0.1, 0.15) is 22.9 Å². The van der Waals surface area contributed by atoms with Crippen molar-refractivity contribution in [3.63, 3.8) is 0 Å². The third-order valence-electron chi connectivity index (χ3n) is 4.27. The van der Waals surface area contributed by atoms with Crippen LogP contribution in [0.3, 0.4) is 0 Å². The molecule has 3 N–H and O–H groups in total. The summed E-state index contributed by atoms with van der Waals surface area (Å²) in [6.07, 6.45) is 1.03. The zero-order chi connectivity index (χ0) is 15.7. The van der Waals surface area contributed by atoms with Crippen LogP contribution < -0.4 is 11.1 Å². The molecule has 0 spiro atoms. The van der Waals surface area contributed by atoms with Gasteiger partial charge in [0.1, 0.15) is 0 Å². The van der Waals surface area contributed by atoms with Gasteiger partial charge in [0, 0.05) is 29.3 Å². The van der Waals surface area contributed by atoms with Gasteiger partial charge in [-0.25, -0.2) is 0 Å². The number of thiophene rings is 1. The minimum atomic E-state index is -0.148. The molecule has 0 bridgehead atoms. The number of benzene rings is 1. The molecule has 0 aliphatic carbocycles. The summed E-state index contributed by atoms with van der Waals surface area (Å²) in [5.41, 5.74) is 9.64. The molecule has 1 aliphatic rings. The Balaban J connectivity index is 1.67. The molecular weight excluding hydrogens is 294 g/mol. The molecule has 116 valence electrons. The Morgan fingerprint density at radius 1 is 1.41 bits per heavy atom. The third kappa shape index (κ3) is 3.00. The number of carbonyl (C=O) groups excluding carboxylic acids is 1. The largest absolute Gasteiger partial charge is 0.399 e. The molecule has 1 unspecified atom stereocenters. The van der Waals surface area contributed by atoms with E-state index in [1.54, 1.807) is 0 Å². The predicted molar refractivity (Wildman–Crippen MR) is 92.1 cm³/mol. The summed E-state index contributed by atoms with van der Waals surface area (Å²) in [6, 6.07) is 7.57. The second-order valence-corrected chi connectivity index (χ2v) is 6.83. The number of rotatable bonds is 3. The lowest BCUT2D eigenvalue weighted by Crippen LogP contribution is -2.44. The minimum Gasteiger partial charge on any atom is -0.399 e. The molecule has 2 aromatic rings. The first-order valence-electron chi connectivity index (χ1n) is 7.51. The molecule has 1 aliphatic heterocycles. The zero-order valence-electron chi connectivity index (χ0n) is 12.9. The van der Waals surface area contributed by atoms with E-state index in [2.05, 4.69) is 21.7 Å². The number of aryl methyl sites for hydroxylation is 1. The molecule has 2 heterocycles. The molecule has 1 amide bonds. The molecular formula is C17H21N3OS. The van der Waals surface area contributed by atoms with Crippen LogP contribution in [0, 0.1) is 6.92 Å². The Morgan fingerprint density at radius 3 is 3.00 bits per heavy atom. The summed E-state index contributed by atoms with van der Waals surface area (Å²) in [6.45, 7) is 5.71. The Bertz CT molecular complexity index is 695. The molecule has 5 heteroatoms. The highest BCUT2D eigenvalue weighted by atomic mass is 32.1. The van der Waals surface area contributed by atoms with Crippen LogP contribution in [0.4, 0.5) is 11.4 Å². The van der Waals surface area contributed by atoms with Gasteiger partial charge >= 0.3 is 0 Å². The maximum atomic E-state index is 12.5. The van der Waals surface area contributed by atoms with E-state index in [9.17, 15) is 4.79 Å². The zero-order valence-corrected chi connectivity index (χ0v) is 13.7. The molecule has 1 aromatic heterocycles. The first-order chi connectivity index (χ1) is 10.5. The van der Waals surface area contributed by atoms with Crippen molar-refractivity contribution in [3.05, 3.63) is 45.6 Å². The fourth-order valence-corrected chi connectivity index (χ4v) is 3.72. The van der Waals surface area contributed by atoms with Gasteiger partial charge < -0.3 is 11.1 Å². The highest BCUT2D eigenvalue weighted by Gasteiger charge is 2.26. The van der Waals surface area contributed by atoms with E-state index >= 15 is 0 Å². The summed E-state index contributed by atoms with van der Waals surface area (Å²) in [7, 11) is 0. The summed E-state index contributed by atoms with van der Waals surface area (Å²) in [5.74, 6) is 0.0338. The molecule has 0 radical (unpaired) electrons. The average molecular weight is 315 g/mol. The van der Waals surface area contributed by atoms with E-state index in [1.807, 2.05) is 43.4 Å². The first-order valence-corrected chi connectivity index (χ1v) is 8.39. The SMILES string of the molecule is Cc1cc(N)ccc1NC(=O)C(C)N1CCc2sccc2C1. The number of nitrogen functional groups attached to an aromatic ring is 1. The van der Waals surface area contributed by atoms with E-state index in [1.165, 1.54) is 10.4 Å². The van der Waals surface area contributed by atoms with Crippen molar-refractivity contribution < 1.29 is 4.79 Å². The van der Waals surface area contributed by atoms with Crippen molar-refractivity contribution in [3.8, 4) is 0 Å². The van der Waals surface area contributed by atoms with Crippen molar-refractivity contribution in [2.24, 2.45) is 0 Å². The van der Waals surface area contributed by atoms with Crippen LogP contribution in [-0.4, -0.2) is 23.4 Å². The Morgan fingerprint density at radius 2 is 2.23 bits per heavy atom. The van der Waals surface area contributed by atoms with Gasteiger partial charge in [0.15, 0.2) is 0 Å². The van der Waals surface area contributed by atoms with Crippen LogP contribution >= 0.6 is 11.3 Å². The van der Waals surface area contributed by atoms with Crippen LogP contribution in [0.15, 0.2) is 29.6 Å². The van der Waals surface area contributed by atoms with Gasteiger partial charge in [0.25, 0.3) is 0 Å². The summed E-state index contributed by atoms with van der Waals surface area (Å²) < 4.78 is 0. The normalized spacial score (nSPS) is 16.1. The van der Waals surface area contributed by atoms with E-state index < -0.39 is 0 Å². The second-order valence-electron chi connectivity index (χ2n) is 5.83. The number of carbonyl (C=O) groups is 1. The molecule has 0 saturated heterocycles. The fourth-order valence-electron chi connectivity index (χ4n) is 2.83. The first kappa shape index (κ1) is 15.1. The van der Waals surface area contributed by atoms with Crippen molar-refractivity contribution in [1.82, 2.24) is 4.90 Å². The van der Waals surface area contributed by atoms with Gasteiger partial charge in [0.2, 0.25) is 5.91 Å². The molecule has 1 aromatic carbocycles. The Labute approximate surface area is 134 Å². The smallest absolute Gasteiger partial charge is 0.241 e. The number of nitrogens with two attached hydrogens (primary N) is 1. The maximum absolute atomic E-state index is 12.5. The summed E-state index contributed by atoms with van der Waals surface area (Å²) in [4.78, 5) is 16.2. The van der Waals surface area contributed by atoms with Crippen LogP contribution in [0.25, 0.3) is 0 Å². The van der Waals surface area contributed by atoms with Gasteiger partial charge in [0.05, 0.1) is 6.04 Å². The number of nitrogens with one attached hydrogen (secondary N) is 1. The molecule has 1 atom stereocenters. The van der Waals surface area contributed by atoms with Gasteiger partial charge in [-0.05, 0) is 61.0 Å². The van der Waals surface area contributed by atoms with Crippen molar-refractivity contribution >= 4 is 28.6 Å². The van der Waals surface area contributed by atoms with Crippen molar-refractivity contribution in [2.45, 2.75) is 32.9 Å². The minimum absolute atomic E-state index is 0.0338. The predicted octanol–water partition coefficient (Wildman–Crippen LogP) is 3.02. The molecule has 4 nitrogen and oxygen atoms in total. The Hall–Kier alpha value is -1.85. The highest BCUT2D eigenvalue weighted by Crippen LogP contribution is 2.25. The van der Waals surface area contributed by atoms with Gasteiger partial charge in [-0.3, -0.25) is 9.69 Å². The Kier molecular flexibility index (Phi) is 4.18. The molecule has 3 rings (SSSR count). The monoisotopic (exact) mass is 315 g/mol.